The van der Waals surface area contributed by atoms with Gasteiger partial charge in [-0.15, -0.1) is 0 Å². The molecule has 5 heteroatoms. The lowest BCUT2D eigenvalue weighted by Crippen LogP contribution is -2.32. The maximum atomic E-state index is 6.16. The molecule has 100 valence electrons. The van der Waals surface area contributed by atoms with Gasteiger partial charge in [0.1, 0.15) is 22.6 Å². The number of furan rings is 1. The summed E-state index contributed by atoms with van der Waals surface area (Å²) in [7, 11) is 2.03. The molecular weight excluding hydrogens is 285 g/mol. The molecule has 0 fully saturated rings. The number of likely N-dealkylation sites (N-methyl/N-ethyl adjacent to an activating group) is 1. The van der Waals surface area contributed by atoms with Crippen molar-refractivity contribution in [3.63, 3.8) is 0 Å². The SMILES string of the molecule is CN1Cc2occc2C(Oc2cccc(Cl)c2Cl)C1. The number of hydrogen-bond acceptors (Lipinski definition) is 3. The van der Waals surface area contributed by atoms with Gasteiger partial charge in [-0.25, -0.2) is 0 Å². The lowest BCUT2D eigenvalue weighted by Gasteiger charge is -2.29. The number of nitrogens with zero attached hydrogens (tertiary/aromatic N) is 1. The minimum atomic E-state index is -0.0940. The lowest BCUT2D eigenvalue weighted by molar-refractivity contribution is 0.120. The highest BCUT2D eigenvalue weighted by atomic mass is 35.5. The Morgan fingerprint density at radius 2 is 2.16 bits per heavy atom. The predicted molar refractivity (Wildman–Crippen MR) is 74.9 cm³/mol. The van der Waals surface area contributed by atoms with Crippen LogP contribution in [0.3, 0.4) is 0 Å². The number of fused-ring (bicyclic) bond motifs is 1. The predicted octanol–water partition coefficient (Wildman–Crippen LogP) is 4.15. The molecule has 1 aromatic heterocycles. The number of rotatable bonds is 2. The van der Waals surface area contributed by atoms with E-state index in [0.717, 1.165) is 24.4 Å². The van der Waals surface area contributed by atoms with E-state index in [4.69, 9.17) is 32.4 Å². The molecule has 2 aromatic rings. The fourth-order valence-corrected chi connectivity index (χ4v) is 2.62. The van der Waals surface area contributed by atoms with Crippen LogP contribution in [0.15, 0.2) is 34.9 Å². The molecule has 0 radical (unpaired) electrons. The molecule has 0 spiro atoms. The summed E-state index contributed by atoms with van der Waals surface area (Å²) in [5.41, 5.74) is 1.08. The molecule has 1 unspecified atom stereocenters. The van der Waals surface area contributed by atoms with E-state index in [2.05, 4.69) is 4.90 Å². The van der Waals surface area contributed by atoms with Crippen LogP contribution in [0, 0.1) is 0 Å². The van der Waals surface area contributed by atoms with Crippen molar-refractivity contribution in [1.29, 1.82) is 0 Å². The Hall–Kier alpha value is -1.16. The van der Waals surface area contributed by atoms with Crippen molar-refractivity contribution in [1.82, 2.24) is 4.90 Å². The minimum absolute atomic E-state index is 0.0940. The van der Waals surface area contributed by atoms with Crippen LogP contribution >= 0.6 is 23.2 Å². The highest BCUT2D eigenvalue weighted by Crippen LogP contribution is 2.36. The van der Waals surface area contributed by atoms with Gasteiger partial charge in [0.25, 0.3) is 0 Å². The summed E-state index contributed by atoms with van der Waals surface area (Å²) in [4.78, 5) is 2.15. The molecule has 0 saturated carbocycles. The zero-order chi connectivity index (χ0) is 13.4. The van der Waals surface area contributed by atoms with Crippen LogP contribution in [0.5, 0.6) is 5.75 Å². The third-order valence-corrected chi connectivity index (χ3v) is 4.00. The molecule has 0 saturated heterocycles. The van der Waals surface area contributed by atoms with Gasteiger partial charge in [0.2, 0.25) is 0 Å². The fourth-order valence-electron chi connectivity index (χ4n) is 2.29. The van der Waals surface area contributed by atoms with E-state index in [9.17, 15) is 0 Å². The summed E-state index contributed by atoms with van der Waals surface area (Å²) in [6.07, 6.45) is 1.60. The van der Waals surface area contributed by atoms with E-state index in [1.165, 1.54) is 0 Å². The van der Waals surface area contributed by atoms with E-state index in [-0.39, 0.29) is 6.10 Å². The second-order valence-corrected chi connectivity index (χ2v) is 5.44. The normalized spacial score (nSPS) is 19.2. The third-order valence-electron chi connectivity index (χ3n) is 3.20. The minimum Gasteiger partial charge on any atom is -0.483 e. The van der Waals surface area contributed by atoms with Crippen molar-refractivity contribution < 1.29 is 9.15 Å². The third kappa shape index (κ3) is 2.46. The first-order chi connectivity index (χ1) is 9.15. The molecule has 0 bridgehead atoms. The smallest absolute Gasteiger partial charge is 0.140 e. The van der Waals surface area contributed by atoms with E-state index in [1.54, 1.807) is 12.3 Å². The zero-order valence-corrected chi connectivity index (χ0v) is 11.9. The maximum absolute atomic E-state index is 6.16. The molecule has 1 aromatic carbocycles. The second-order valence-electron chi connectivity index (χ2n) is 4.65. The van der Waals surface area contributed by atoms with E-state index in [0.29, 0.717) is 15.8 Å². The fraction of sp³-hybridized carbons (Fsp3) is 0.286. The van der Waals surface area contributed by atoms with E-state index < -0.39 is 0 Å². The van der Waals surface area contributed by atoms with Crippen LogP contribution in [0.1, 0.15) is 17.4 Å². The summed E-state index contributed by atoms with van der Waals surface area (Å²) in [5.74, 6) is 1.54. The molecule has 0 amide bonds. The van der Waals surface area contributed by atoms with E-state index in [1.807, 2.05) is 25.2 Å². The molecule has 2 heterocycles. The van der Waals surface area contributed by atoms with Gasteiger partial charge in [-0.05, 0) is 25.2 Å². The van der Waals surface area contributed by atoms with Gasteiger partial charge >= 0.3 is 0 Å². The van der Waals surface area contributed by atoms with Crippen LogP contribution in [0.2, 0.25) is 10.0 Å². The molecule has 1 aliphatic rings. The Morgan fingerprint density at radius 3 is 3.00 bits per heavy atom. The molecule has 1 atom stereocenters. The monoisotopic (exact) mass is 297 g/mol. The summed E-state index contributed by atoms with van der Waals surface area (Å²) < 4.78 is 11.5. The van der Waals surface area contributed by atoms with Gasteiger partial charge in [-0.3, -0.25) is 4.90 Å². The topological polar surface area (TPSA) is 25.6 Å². The zero-order valence-electron chi connectivity index (χ0n) is 10.4. The Kier molecular flexibility index (Phi) is 3.44. The first kappa shape index (κ1) is 12.9. The number of benzene rings is 1. The Morgan fingerprint density at radius 1 is 1.32 bits per heavy atom. The summed E-state index contributed by atoms with van der Waals surface area (Å²) in [5, 5.41) is 0.943. The largest absolute Gasteiger partial charge is 0.483 e. The quantitative estimate of drug-likeness (QED) is 0.833. The molecule has 0 aliphatic carbocycles. The molecule has 0 N–H and O–H groups in total. The van der Waals surface area contributed by atoms with Crippen molar-refractivity contribution in [3.05, 3.63) is 51.9 Å². The molecule has 1 aliphatic heterocycles. The summed E-state index contributed by atoms with van der Waals surface area (Å²) >= 11 is 12.2. The maximum Gasteiger partial charge on any atom is 0.140 e. The number of ether oxygens (including phenoxy) is 1. The van der Waals surface area contributed by atoms with Crippen molar-refractivity contribution in [2.75, 3.05) is 13.6 Å². The lowest BCUT2D eigenvalue weighted by atomic mass is 10.1. The Labute approximate surface area is 121 Å². The van der Waals surface area contributed by atoms with Crippen LogP contribution < -0.4 is 4.74 Å². The van der Waals surface area contributed by atoms with Crippen molar-refractivity contribution in [2.45, 2.75) is 12.6 Å². The average Bonchev–Trinajstić information content (AvgIpc) is 2.83. The van der Waals surface area contributed by atoms with Gasteiger partial charge < -0.3 is 9.15 Å². The molecule has 3 rings (SSSR count). The van der Waals surface area contributed by atoms with Crippen LogP contribution in [0.25, 0.3) is 0 Å². The highest BCUT2D eigenvalue weighted by molar-refractivity contribution is 6.42. The Bertz CT molecular complexity index is 597. The summed E-state index contributed by atoms with van der Waals surface area (Å²) in [6.45, 7) is 1.58. The van der Waals surface area contributed by atoms with Gasteiger partial charge in [0.05, 0.1) is 17.8 Å². The highest BCUT2D eigenvalue weighted by Gasteiger charge is 2.27. The molecule has 19 heavy (non-hydrogen) atoms. The molecular formula is C14H13Cl2NO2. The number of halogens is 2. The van der Waals surface area contributed by atoms with Crippen molar-refractivity contribution in [3.8, 4) is 5.75 Å². The number of hydrogen-bond donors (Lipinski definition) is 0. The van der Waals surface area contributed by atoms with Crippen molar-refractivity contribution >= 4 is 23.2 Å². The second kappa shape index (κ2) is 5.08. The Balaban J connectivity index is 1.90. The summed E-state index contributed by atoms with van der Waals surface area (Å²) in [6, 6.07) is 7.34. The first-order valence-corrected chi connectivity index (χ1v) is 6.76. The average molecular weight is 298 g/mol. The van der Waals surface area contributed by atoms with Gasteiger partial charge in [-0.1, -0.05) is 29.3 Å². The van der Waals surface area contributed by atoms with E-state index >= 15 is 0 Å². The van der Waals surface area contributed by atoms with Crippen molar-refractivity contribution in [2.24, 2.45) is 0 Å². The van der Waals surface area contributed by atoms with Gasteiger partial charge in [-0.2, -0.15) is 0 Å². The van der Waals surface area contributed by atoms with Crippen LogP contribution in [0.4, 0.5) is 0 Å². The standard InChI is InChI=1S/C14H13Cl2NO2/c1-17-7-12-9(5-6-18-12)13(8-17)19-11-4-2-3-10(15)14(11)16/h2-6,13H,7-8H2,1H3. The molecule has 3 nitrogen and oxygen atoms in total. The van der Waals surface area contributed by atoms with Gasteiger partial charge in [0, 0.05) is 12.1 Å². The van der Waals surface area contributed by atoms with Crippen LogP contribution in [-0.4, -0.2) is 18.5 Å². The van der Waals surface area contributed by atoms with Gasteiger partial charge in [0.15, 0.2) is 0 Å². The first-order valence-electron chi connectivity index (χ1n) is 6.00. The van der Waals surface area contributed by atoms with Crippen LogP contribution in [-0.2, 0) is 6.54 Å².